The van der Waals surface area contributed by atoms with Gasteiger partial charge in [-0.25, -0.2) is 4.98 Å². The summed E-state index contributed by atoms with van der Waals surface area (Å²) in [4.78, 5) is 7.09. The number of hydrogen-bond donors (Lipinski definition) is 1. The van der Waals surface area contributed by atoms with Crippen LogP contribution in [0.5, 0.6) is 0 Å². The molecule has 3 rings (SSSR count). The summed E-state index contributed by atoms with van der Waals surface area (Å²) in [7, 11) is 2.28. The molecule has 2 N–H and O–H groups in total. The molecule has 3 atom stereocenters. The van der Waals surface area contributed by atoms with E-state index < -0.39 is 0 Å². The molecule has 2 aliphatic rings. The Labute approximate surface area is 116 Å². The van der Waals surface area contributed by atoms with Gasteiger partial charge in [0.25, 0.3) is 0 Å². The van der Waals surface area contributed by atoms with Gasteiger partial charge in [0.15, 0.2) is 0 Å². The summed E-state index contributed by atoms with van der Waals surface area (Å²) in [6.45, 7) is 3.23. The summed E-state index contributed by atoms with van der Waals surface area (Å²) in [6, 6.07) is 1.62. The molecule has 106 valence electrons. The maximum atomic E-state index is 6.54. The number of nitrogens with two attached hydrogens (primary N) is 1. The van der Waals surface area contributed by atoms with Gasteiger partial charge in [0.2, 0.25) is 0 Å². The molecule has 2 bridgehead atoms. The number of fused-ring (bicyclic) bond motifs is 2. The summed E-state index contributed by atoms with van der Waals surface area (Å²) in [6.07, 6.45) is 10.3. The van der Waals surface area contributed by atoms with Gasteiger partial charge in [0.05, 0.1) is 6.04 Å². The Morgan fingerprint density at radius 3 is 2.68 bits per heavy atom. The molecule has 3 heterocycles. The van der Waals surface area contributed by atoms with Crippen molar-refractivity contribution in [3.05, 3.63) is 18.2 Å². The van der Waals surface area contributed by atoms with E-state index in [1.54, 1.807) is 0 Å². The molecule has 2 saturated heterocycles. The van der Waals surface area contributed by atoms with Crippen molar-refractivity contribution < 1.29 is 0 Å². The van der Waals surface area contributed by atoms with E-state index in [2.05, 4.69) is 34.6 Å². The summed E-state index contributed by atoms with van der Waals surface area (Å²) in [5, 5.41) is 0. The molecule has 2 fully saturated rings. The zero-order chi connectivity index (χ0) is 13.4. The number of piperidine rings is 1. The fraction of sp³-hybridized carbons (Fsp3) is 0.800. The van der Waals surface area contributed by atoms with E-state index in [-0.39, 0.29) is 6.04 Å². The van der Waals surface area contributed by atoms with Crippen molar-refractivity contribution in [3.8, 4) is 0 Å². The summed E-state index contributed by atoms with van der Waals surface area (Å²) < 4.78 is 2.24. The number of rotatable bonds is 4. The largest absolute Gasteiger partial charge is 0.334 e. The number of hydrogen-bond acceptors (Lipinski definition) is 3. The zero-order valence-electron chi connectivity index (χ0n) is 12.1. The van der Waals surface area contributed by atoms with Gasteiger partial charge in [-0.15, -0.1) is 0 Å². The van der Waals surface area contributed by atoms with Gasteiger partial charge in [-0.3, -0.25) is 0 Å². The van der Waals surface area contributed by atoms with Crippen LogP contribution in [0.15, 0.2) is 12.4 Å². The average Bonchev–Trinajstić information content (AvgIpc) is 2.91. The second-order valence-electron chi connectivity index (χ2n) is 6.29. The van der Waals surface area contributed by atoms with Crippen molar-refractivity contribution in [2.75, 3.05) is 7.05 Å². The van der Waals surface area contributed by atoms with Crippen molar-refractivity contribution in [2.24, 2.45) is 11.7 Å². The maximum Gasteiger partial charge on any atom is 0.125 e. The number of aryl methyl sites for hydroxylation is 1. The van der Waals surface area contributed by atoms with Crippen LogP contribution in [-0.2, 0) is 6.54 Å². The Hall–Kier alpha value is -0.870. The maximum absolute atomic E-state index is 6.54. The lowest BCUT2D eigenvalue weighted by Gasteiger charge is -2.38. The standard InChI is InChI=1S/C15H26N4/c1-3-7-19-8-6-17-15(19)14(16)11-9-12-4-5-13(10-11)18(12)2/h6,8,11-14H,3-5,7,9-10,16H2,1-2H3. The molecule has 0 aliphatic carbocycles. The molecule has 0 aromatic carbocycles. The highest BCUT2D eigenvalue weighted by Crippen LogP contribution is 2.41. The SMILES string of the molecule is CCCn1ccnc1C(N)C1CC2CCC(C1)N2C. The smallest absolute Gasteiger partial charge is 0.125 e. The van der Waals surface area contributed by atoms with E-state index in [1.165, 1.54) is 25.7 Å². The van der Waals surface area contributed by atoms with Crippen LogP contribution in [0.25, 0.3) is 0 Å². The van der Waals surface area contributed by atoms with Crippen molar-refractivity contribution in [3.63, 3.8) is 0 Å². The number of imidazole rings is 1. The van der Waals surface area contributed by atoms with E-state index in [4.69, 9.17) is 5.73 Å². The minimum Gasteiger partial charge on any atom is -0.334 e. The summed E-state index contributed by atoms with van der Waals surface area (Å²) in [5.41, 5.74) is 6.54. The van der Waals surface area contributed by atoms with Gasteiger partial charge < -0.3 is 15.2 Å². The normalized spacial score (nSPS) is 32.7. The van der Waals surface area contributed by atoms with Crippen molar-refractivity contribution in [1.29, 1.82) is 0 Å². The number of aromatic nitrogens is 2. The third-order valence-corrected chi connectivity index (χ3v) is 5.15. The van der Waals surface area contributed by atoms with Gasteiger partial charge in [0, 0.05) is 31.0 Å². The highest BCUT2D eigenvalue weighted by Gasteiger charge is 2.41. The van der Waals surface area contributed by atoms with Gasteiger partial charge in [-0.2, -0.15) is 0 Å². The Morgan fingerprint density at radius 2 is 2.05 bits per heavy atom. The summed E-state index contributed by atoms with van der Waals surface area (Å²) in [5.74, 6) is 1.70. The van der Waals surface area contributed by atoms with Gasteiger partial charge in [-0.1, -0.05) is 6.92 Å². The van der Waals surface area contributed by atoms with Crippen LogP contribution in [0.2, 0.25) is 0 Å². The molecule has 0 spiro atoms. The molecule has 0 amide bonds. The third kappa shape index (κ3) is 2.32. The van der Waals surface area contributed by atoms with Crippen LogP contribution < -0.4 is 5.73 Å². The highest BCUT2D eigenvalue weighted by molar-refractivity contribution is 5.05. The molecular weight excluding hydrogens is 236 g/mol. The summed E-state index contributed by atoms with van der Waals surface area (Å²) >= 11 is 0. The number of nitrogens with zero attached hydrogens (tertiary/aromatic N) is 3. The van der Waals surface area contributed by atoms with Crippen LogP contribution in [0.4, 0.5) is 0 Å². The minimum atomic E-state index is 0.110. The first-order valence-corrected chi connectivity index (χ1v) is 7.69. The van der Waals surface area contributed by atoms with E-state index in [0.717, 1.165) is 30.9 Å². The van der Waals surface area contributed by atoms with Crippen LogP contribution in [0.3, 0.4) is 0 Å². The minimum absolute atomic E-state index is 0.110. The quantitative estimate of drug-likeness (QED) is 0.904. The molecule has 2 aliphatic heterocycles. The Balaban J connectivity index is 1.74. The Bertz CT molecular complexity index is 414. The van der Waals surface area contributed by atoms with Crippen LogP contribution in [-0.4, -0.2) is 33.6 Å². The Kier molecular flexibility index (Phi) is 3.63. The second kappa shape index (κ2) is 5.25. The Morgan fingerprint density at radius 1 is 1.37 bits per heavy atom. The molecular formula is C15H26N4. The third-order valence-electron chi connectivity index (χ3n) is 5.15. The van der Waals surface area contributed by atoms with Gasteiger partial charge >= 0.3 is 0 Å². The fourth-order valence-electron chi connectivity index (χ4n) is 4.01. The molecule has 4 nitrogen and oxygen atoms in total. The van der Waals surface area contributed by atoms with Gasteiger partial charge in [0.1, 0.15) is 5.82 Å². The van der Waals surface area contributed by atoms with E-state index in [1.807, 2.05) is 6.20 Å². The molecule has 1 aromatic rings. The predicted octanol–water partition coefficient (Wildman–Crippen LogP) is 2.17. The molecule has 19 heavy (non-hydrogen) atoms. The molecule has 1 aromatic heterocycles. The second-order valence-corrected chi connectivity index (χ2v) is 6.29. The van der Waals surface area contributed by atoms with E-state index in [9.17, 15) is 0 Å². The average molecular weight is 262 g/mol. The van der Waals surface area contributed by atoms with E-state index in [0.29, 0.717) is 5.92 Å². The zero-order valence-corrected chi connectivity index (χ0v) is 12.1. The topological polar surface area (TPSA) is 47.1 Å². The molecule has 0 saturated carbocycles. The van der Waals surface area contributed by atoms with Crippen LogP contribution >= 0.6 is 0 Å². The van der Waals surface area contributed by atoms with Crippen molar-refractivity contribution in [1.82, 2.24) is 14.5 Å². The first-order chi connectivity index (χ1) is 9.20. The highest BCUT2D eigenvalue weighted by atomic mass is 15.2. The lowest BCUT2D eigenvalue weighted by molar-refractivity contribution is 0.118. The predicted molar refractivity (Wildman–Crippen MR) is 76.7 cm³/mol. The molecule has 0 radical (unpaired) electrons. The van der Waals surface area contributed by atoms with Crippen LogP contribution in [0.1, 0.15) is 50.9 Å². The first kappa shape index (κ1) is 13.1. The van der Waals surface area contributed by atoms with E-state index >= 15 is 0 Å². The van der Waals surface area contributed by atoms with Crippen molar-refractivity contribution >= 4 is 0 Å². The van der Waals surface area contributed by atoms with Gasteiger partial charge in [-0.05, 0) is 45.1 Å². The lowest BCUT2D eigenvalue weighted by atomic mass is 9.85. The first-order valence-electron chi connectivity index (χ1n) is 7.69. The molecule has 3 unspecified atom stereocenters. The van der Waals surface area contributed by atoms with Crippen molar-refractivity contribution in [2.45, 2.75) is 63.7 Å². The lowest BCUT2D eigenvalue weighted by Crippen LogP contribution is -2.43. The fourth-order valence-corrected chi connectivity index (χ4v) is 4.01. The monoisotopic (exact) mass is 262 g/mol. The van der Waals surface area contributed by atoms with Crippen LogP contribution in [0, 0.1) is 5.92 Å². The molecule has 4 heteroatoms.